The Bertz CT molecular complexity index is 1140. The van der Waals surface area contributed by atoms with Gasteiger partial charge in [-0.05, 0) is 126 Å². The normalized spacial score (nSPS) is 21.6. The van der Waals surface area contributed by atoms with E-state index in [0.717, 1.165) is 86.4 Å². The highest BCUT2D eigenvalue weighted by Gasteiger charge is 2.35. The van der Waals surface area contributed by atoms with Gasteiger partial charge in [0.1, 0.15) is 5.75 Å². The van der Waals surface area contributed by atoms with E-state index in [1.165, 1.54) is 11.1 Å². The van der Waals surface area contributed by atoms with Crippen LogP contribution in [0, 0.1) is 31.6 Å². The third-order valence-corrected chi connectivity index (χ3v) is 8.27. The van der Waals surface area contributed by atoms with E-state index in [4.69, 9.17) is 4.74 Å². The van der Waals surface area contributed by atoms with E-state index >= 15 is 0 Å². The number of benzene rings is 2. The van der Waals surface area contributed by atoms with Crippen LogP contribution in [0.5, 0.6) is 5.75 Å². The molecule has 38 heavy (non-hydrogen) atoms. The molecule has 1 aliphatic heterocycles. The molecular formula is C31H44N4O3. The number of methoxy groups -OCH3 is 1. The van der Waals surface area contributed by atoms with Gasteiger partial charge >= 0.3 is 0 Å². The molecule has 2 amide bonds. The predicted molar refractivity (Wildman–Crippen MR) is 155 cm³/mol. The fourth-order valence-corrected chi connectivity index (χ4v) is 6.08. The smallest absolute Gasteiger partial charge is 0.227 e. The first-order valence-electron chi connectivity index (χ1n) is 14.0. The van der Waals surface area contributed by atoms with Gasteiger partial charge in [0.2, 0.25) is 11.8 Å². The van der Waals surface area contributed by atoms with Crippen LogP contribution in [0.1, 0.15) is 55.2 Å². The van der Waals surface area contributed by atoms with Gasteiger partial charge in [0.15, 0.2) is 0 Å². The molecule has 1 saturated carbocycles. The van der Waals surface area contributed by atoms with Crippen molar-refractivity contribution in [3.63, 3.8) is 0 Å². The van der Waals surface area contributed by atoms with Crippen LogP contribution in [-0.4, -0.2) is 51.0 Å². The highest BCUT2D eigenvalue weighted by molar-refractivity contribution is 5.95. The molecule has 1 heterocycles. The Morgan fingerprint density at radius 1 is 1.03 bits per heavy atom. The predicted octanol–water partition coefficient (Wildman–Crippen LogP) is 5.62. The number of carbonyl (C=O) groups is 2. The van der Waals surface area contributed by atoms with Gasteiger partial charge in [0, 0.05) is 42.0 Å². The molecule has 2 aromatic carbocycles. The standard InChI is InChI=1S/C31H44N4O3/c1-20-17-25(32-15-16-35(3)4)19-28-26(20)7-6-8-27(31(37)34-28)22-9-11-23(12-10-22)30(36)33-24-13-14-29(38-5)21(2)18-24/h13-14,17-19,22-23,27,32H,6-12,15-16H2,1-5H3,(H,33,36)(H,34,37). The minimum atomic E-state index is -0.00977. The summed E-state index contributed by atoms with van der Waals surface area (Å²) < 4.78 is 5.32. The minimum Gasteiger partial charge on any atom is -0.496 e. The molecule has 0 spiro atoms. The molecule has 1 unspecified atom stereocenters. The zero-order valence-electron chi connectivity index (χ0n) is 23.7. The summed E-state index contributed by atoms with van der Waals surface area (Å²) in [4.78, 5) is 28.6. The van der Waals surface area contributed by atoms with Crippen LogP contribution in [0.2, 0.25) is 0 Å². The molecule has 1 fully saturated rings. The van der Waals surface area contributed by atoms with Gasteiger partial charge in [-0.2, -0.15) is 0 Å². The van der Waals surface area contributed by atoms with E-state index in [1.54, 1.807) is 7.11 Å². The molecule has 0 bridgehead atoms. The quantitative estimate of drug-likeness (QED) is 0.421. The lowest BCUT2D eigenvalue weighted by Crippen LogP contribution is -2.35. The van der Waals surface area contributed by atoms with Crippen LogP contribution in [0.4, 0.5) is 17.1 Å². The molecule has 0 aromatic heterocycles. The van der Waals surface area contributed by atoms with Crippen LogP contribution >= 0.6 is 0 Å². The molecule has 2 aromatic rings. The van der Waals surface area contributed by atoms with Gasteiger partial charge in [-0.3, -0.25) is 9.59 Å². The van der Waals surface area contributed by atoms with Gasteiger partial charge in [0.25, 0.3) is 0 Å². The fraction of sp³-hybridized carbons (Fsp3) is 0.548. The van der Waals surface area contributed by atoms with E-state index in [2.05, 4.69) is 54.0 Å². The molecule has 0 saturated heterocycles. The number of rotatable bonds is 8. The highest BCUT2D eigenvalue weighted by Crippen LogP contribution is 2.39. The second-order valence-corrected chi connectivity index (χ2v) is 11.3. The van der Waals surface area contributed by atoms with Crippen molar-refractivity contribution in [3.8, 4) is 5.75 Å². The van der Waals surface area contributed by atoms with Gasteiger partial charge in [0.05, 0.1) is 7.11 Å². The van der Waals surface area contributed by atoms with Crippen molar-refractivity contribution in [1.29, 1.82) is 0 Å². The maximum atomic E-state index is 13.5. The first-order chi connectivity index (χ1) is 18.2. The van der Waals surface area contributed by atoms with Gasteiger partial charge < -0.3 is 25.6 Å². The topological polar surface area (TPSA) is 82.7 Å². The van der Waals surface area contributed by atoms with Gasteiger partial charge in [-0.15, -0.1) is 0 Å². The molecule has 4 rings (SSSR count). The fourth-order valence-electron chi connectivity index (χ4n) is 6.08. The van der Waals surface area contributed by atoms with Crippen molar-refractivity contribution >= 4 is 28.9 Å². The van der Waals surface area contributed by atoms with Gasteiger partial charge in [-0.1, -0.05) is 0 Å². The maximum Gasteiger partial charge on any atom is 0.227 e. The number of aryl methyl sites for hydroxylation is 2. The van der Waals surface area contributed by atoms with E-state index < -0.39 is 0 Å². The number of amides is 2. The summed E-state index contributed by atoms with van der Waals surface area (Å²) in [6.07, 6.45) is 6.37. The molecule has 7 nitrogen and oxygen atoms in total. The Morgan fingerprint density at radius 2 is 1.76 bits per heavy atom. The molecule has 2 aliphatic rings. The zero-order valence-corrected chi connectivity index (χ0v) is 23.7. The summed E-state index contributed by atoms with van der Waals surface area (Å²) in [5.74, 6) is 1.35. The zero-order chi connectivity index (χ0) is 27.2. The third-order valence-electron chi connectivity index (χ3n) is 8.27. The number of hydrogen-bond acceptors (Lipinski definition) is 5. The summed E-state index contributed by atoms with van der Waals surface area (Å²) in [5, 5.41) is 9.87. The van der Waals surface area contributed by atoms with Crippen molar-refractivity contribution in [2.75, 3.05) is 50.2 Å². The highest BCUT2D eigenvalue weighted by atomic mass is 16.5. The molecule has 1 atom stereocenters. The Labute approximate surface area is 227 Å². The number of fused-ring (bicyclic) bond motifs is 1. The minimum absolute atomic E-state index is 0.00191. The van der Waals surface area contributed by atoms with Crippen LogP contribution < -0.4 is 20.7 Å². The Morgan fingerprint density at radius 3 is 2.45 bits per heavy atom. The summed E-state index contributed by atoms with van der Waals surface area (Å²) in [6.45, 7) is 5.92. The van der Waals surface area contributed by atoms with Crippen LogP contribution in [0.25, 0.3) is 0 Å². The monoisotopic (exact) mass is 520 g/mol. The SMILES string of the molecule is COc1ccc(NC(=O)C2CCC(C3CCCc4c(C)cc(NCCN(C)C)cc4NC3=O)CC2)cc1C. The number of nitrogens with zero attached hydrogens (tertiary/aromatic N) is 1. The summed E-state index contributed by atoms with van der Waals surface area (Å²) in [5.41, 5.74) is 6.29. The molecule has 206 valence electrons. The first-order valence-corrected chi connectivity index (χ1v) is 14.0. The molecular weight excluding hydrogens is 476 g/mol. The maximum absolute atomic E-state index is 13.5. The lowest BCUT2D eigenvalue weighted by Gasteiger charge is -2.34. The van der Waals surface area contributed by atoms with E-state index in [0.29, 0.717) is 5.92 Å². The van der Waals surface area contributed by atoms with Crippen LogP contribution in [0.15, 0.2) is 30.3 Å². The lowest BCUT2D eigenvalue weighted by atomic mass is 9.73. The number of ether oxygens (including phenoxy) is 1. The average Bonchev–Trinajstić information content (AvgIpc) is 2.86. The Hall–Kier alpha value is -3.06. The summed E-state index contributed by atoms with van der Waals surface area (Å²) >= 11 is 0. The van der Waals surface area contributed by atoms with Crippen molar-refractivity contribution in [2.45, 2.75) is 58.8 Å². The van der Waals surface area contributed by atoms with E-state index in [9.17, 15) is 9.59 Å². The number of anilines is 3. The van der Waals surface area contributed by atoms with E-state index in [1.807, 2.05) is 25.1 Å². The van der Waals surface area contributed by atoms with Gasteiger partial charge in [-0.25, -0.2) is 0 Å². The average molecular weight is 521 g/mol. The summed E-state index contributed by atoms with van der Waals surface area (Å²) in [6, 6.07) is 10.0. The van der Waals surface area contributed by atoms with Crippen molar-refractivity contribution in [3.05, 3.63) is 47.0 Å². The van der Waals surface area contributed by atoms with Crippen molar-refractivity contribution < 1.29 is 14.3 Å². The third kappa shape index (κ3) is 6.87. The largest absolute Gasteiger partial charge is 0.496 e. The molecule has 7 heteroatoms. The van der Waals surface area contributed by atoms with Crippen molar-refractivity contribution in [1.82, 2.24) is 4.90 Å². The summed E-state index contributed by atoms with van der Waals surface area (Å²) in [7, 11) is 5.78. The Balaban J connectivity index is 1.35. The second-order valence-electron chi connectivity index (χ2n) is 11.3. The number of likely N-dealkylation sites (N-methyl/N-ethyl adjacent to an activating group) is 1. The lowest BCUT2D eigenvalue weighted by molar-refractivity contribution is -0.123. The van der Waals surface area contributed by atoms with Crippen LogP contribution in [0.3, 0.4) is 0 Å². The van der Waals surface area contributed by atoms with Crippen molar-refractivity contribution in [2.24, 2.45) is 17.8 Å². The molecule has 0 radical (unpaired) electrons. The molecule has 3 N–H and O–H groups in total. The number of nitrogens with one attached hydrogen (secondary N) is 3. The number of hydrogen-bond donors (Lipinski definition) is 3. The number of carbonyl (C=O) groups excluding carboxylic acids is 2. The van der Waals surface area contributed by atoms with Crippen LogP contribution in [-0.2, 0) is 16.0 Å². The van der Waals surface area contributed by atoms with E-state index in [-0.39, 0.29) is 23.7 Å². The molecule has 1 aliphatic carbocycles. The second kappa shape index (κ2) is 12.7. The Kier molecular flexibility index (Phi) is 9.31. The first kappa shape index (κ1) is 28.0.